The molecule has 0 radical (unpaired) electrons. The van der Waals surface area contributed by atoms with Gasteiger partial charge in [0.2, 0.25) is 0 Å². The minimum absolute atomic E-state index is 0.0540. The van der Waals surface area contributed by atoms with Crippen LogP contribution in [-0.4, -0.2) is 0 Å². The van der Waals surface area contributed by atoms with Gasteiger partial charge in [0.25, 0.3) is 0 Å². The first-order chi connectivity index (χ1) is 17.8. The SMILES string of the molecule is N#CC(C#N)=C1C=C(/C=C/c2ccc(N(c3ccccc3)c3ccccc3)cc2)c2ccccc2O1. The van der Waals surface area contributed by atoms with Crippen LogP contribution in [0.15, 0.2) is 133 Å². The topological polar surface area (TPSA) is 60.0 Å². The molecule has 4 aromatic rings. The van der Waals surface area contributed by atoms with Crippen LogP contribution in [0.4, 0.5) is 17.1 Å². The number of allylic oxidation sites excluding steroid dienone is 4. The molecule has 0 bridgehead atoms. The minimum atomic E-state index is -0.0540. The standard InChI is InChI=1S/C32H21N3O/c33-22-26(23-34)32-21-25(30-13-7-8-14-31(30)36-32)18-15-24-16-19-29(20-17-24)35(27-9-3-1-4-10-27)28-11-5-2-6-12-28/h1-21H/b18-15+. The molecular weight excluding hydrogens is 442 g/mol. The summed E-state index contributed by atoms with van der Waals surface area (Å²) in [6, 6.07) is 40.3. The normalized spacial score (nSPS) is 12.1. The second-order valence-corrected chi connectivity index (χ2v) is 8.09. The molecule has 0 atom stereocenters. The Bertz CT molecular complexity index is 1500. The molecule has 0 amide bonds. The highest BCUT2D eigenvalue weighted by atomic mass is 16.5. The van der Waals surface area contributed by atoms with Crippen molar-refractivity contribution in [3.8, 4) is 17.9 Å². The Morgan fingerprint density at radius 1 is 0.639 bits per heavy atom. The second-order valence-electron chi connectivity index (χ2n) is 8.09. The van der Waals surface area contributed by atoms with Gasteiger partial charge in [-0.25, -0.2) is 0 Å². The van der Waals surface area contributed by atoms with Crippen LogP contribution in [-0.2, 0) is 0 Å². The maximum Gasteiger partial charge on any atom is 0.172 e. The van der Waals surface area contributed by atoms with Gasteiger partial charge < -0.3 is 9.64 Å². The number of para-hydroxylation sites is 3. The van der Waals surface area contributed by atoms with E-state index in [-0.39, 0.29) is 11.3 Å². The zero-order chi connectivity index (χ0) is 24.7. The second kappa shape index (κ2) is 10.3. The third-order valence-corrected chi connectivity index (χ3v) is 5.81. The van der Waals surface area contributed by atoms with E-state index in [2.05, 4.69) is 53.4 Å². The number of hydrogen-bond acceptors (Lipinski definition) is 4. The average Bonchev–Trinajstić information content (AvgIpc) is 2.94. The van der Waals surface area contributed by atoms with Crippen molar-refractivity contribution in [3.05, 3.63) is 144 Å². The third-order valence-electron chi connectivity index (χ3n) is 5.81. The van der Waals surface area contributed by atoms with Crippen LogP contribution in [0.3, 0.4) is 0 Å². The van der Waals surface area contributed by atoms with Gasteiger partial charge in [0.05, 0.1) is 0 Å². The van der Waals surface area contributed by atoms with Crippen LogP contribution in [0, 0.1) is 22.7 Å². The molecule has 36 heavy (non-hydrogen) atoms. The summed E-state index contributed by atoms with van der Waals surface area (Å²) in [7, 11) is 0. The molecule has 1 aliphatic heterocycles. The van der Waals surface area contributed by atoms with Gasteiger partial charge in [0.1, 0.15) is 17.9 Å². The Kier molecular flexibility index (Phi) is 6.43. The summed E-state index contributed by atoms with van der Waals surface area (Å²) in [5, 5.41) is 18.6. The monoisotopic (exact) mass is 463 g/mol. The number of anilines is 3. The highest BCUT2D eigenvalue weighted by Crippen LogP contribution is 2.36. The molecule has 0 fully saturated rings. The van der Waals surface area contributed by atoms with Gasteiger partial charge in [0, 0.05) is 22.6 Å². The Hall–Kier alpha value is -5.32. The number of ether oxygens (including phenoxy) is 1. The molecule has 170 valence electrons. The molecule has 0 aromatic heterocycles. The molecule has 0 unspecified atom stereocenters. The van der Waals surface area contributed by atoms with Gasteiger partial charge >= 0.3 is 0 Å². The molecule has 0 saturated heterocycles. The van der Waals surface area contributed by atoms with Crippen molar-refractivity contribution in [2.45, 2.75) is 0 Å². The lowest BCUT2D eigenvalue weighted by Crippen LogP contribution is -2.09. The first kappa shape index (κ1) is 22.5. The quantitative estimate of drug-likeness (QED) is 0.282. The van der Waals surface area contributed by atoms with Crippen LogP contribution in [0.5, 0.6) is 5.75 Å². The lowest BCUT2D eigenvalue weighted by molar-refractivity contribution is 0.436. The summed E-state index contributed by atoms with van der Waals surface area (Å²) in [6.45, 7) is 0. The zero-order valence-corrected chi connectivity index (χ0v) is 19.4. The van der Waals surface area contributed by atoms with Crippen molar-refractivity contribution in [2.75, 3.05) is 4.90 Å². The molecule has 0 saturated carbocycles. The fourth-order valence-electron chi connectivity index (χ4n) is 4.08. The maximum absolute atomic E-state index is 9.29. The molecule has 4 aromatic carbocycles. The van der Waals surface area contributed by atoms with Gasteiger partial charge in [0.15, 0.2) is 11.3 Å². The summed E-state index contributed by atoms with van der Waals surface area (Å²) < 4.78 is 5.80. The van der Waals surface area contributed by atoms with E-state index in [0.29, 0.717) is 5.75 Å². The lowest BCUT2D eigenvalue weighted by Gasteiger charge is -2.25. The molecular formula is C32H21N3O. The lowest BCUT2D eigenvalue weighted by atomic mass is 9.99. The summed E-state index contributed by atoms with van der Waals surface area (Å²) in [5.74, 6) is 0.879. The van der Waals surface area contributed by atoms with Gasteiger partial charge in [-0.3, -0.25) is 0 Å². The van der Waals surface area contributed by atoms with E-state index in [1.165, 1.54) is 0 Å². The van der Waals surface area contributed by atoms with E-state index in [4.69, 9.17) is 4.74 Å². The van der Waals surface area contributed by atoms with Crippen LogP contribution in [0.25, 0.3) is 11.6 Å². The number of fused-ring (bicyclic) bond motifs is 1. The summed E-state index contributed by atoms with van der Waals surface area (Å²) in [5.41, 5.74) is 5.97. The molecule has 0 N–H and O–H groups in total. The van der Waals surface area contributed by atoms with Crippen molar-refractivity contribution in [3.63, 3.8) is 0 Å². The molecule has 0 spiro atoms. The van der Waals surface area contributed by atoms with E-state index in [0.717, 1.165) is 33.8 Å². The molecule has 1 aliphatic rings. The highest BCUT2D eigenvalue weighted by Gasteiger charge is 2.18. The Morgan fingerprint density at radius 2 is 1.19 bits per heavy atom. The van der Waals surface area contributed by atoms with Gasteiger partial charge in [-0.15, -0.1) is 0 Å². The molecule has 5 rings (SSSR count). The summed E-state index contributed by atoms with van der Waals surface area (Å²) in [4.78, 5) is 2.22. The van der Waals surface area contributed by atoms with E-state index in [1.807, 2.05) is 85.0 Å². The third kappa shape index (κ3) is 4.66. The Morgan fingerprint density at radius 3 is 1.81 bits per heavy atom. The fourth-order valence-corrected chi connectivity index (χ4v) is 4.08. The molecule has 4 heteroatoms. The van der Waals surface area contributed by atoms with Crippen molar-refractivity contribution in [2.24, 2.45) is 0 Å². The highest BCUT2D eigenvalue weighted by molar-refractivity contribution is 5.85. The van der Waals surface area contributed by atoms with Crippen molar-refractivity contribution in [1.29, 1.82) is 10.5 Å². The maximum atomic E-state index is 9.29. The summed E-state index contributed by atoms with van der Waals surface area (Å²) >= 11 is 0. The number of rotatable bonds is 5. The number of hydrogen-bond donors (Lipinski definition) is 0. The molecule has 4 nitrogen and oxygen atoms in total. The predicted molar refractivity (Wildman–Crippen MR) is 143 cm³/mol. The van der Waals surface area contributed by atoms with Gasteiger partial charge in [-0.1, -0.05) is 78.9 Å². The van der Waals surface area contributed by atoms with Gasteiger partial charge in [-0.05, 0) is 59.7 Å². The number of nitrogens with zero attached hydrogens (tertiary/aromatic N) is 3. The van der Waals surface area contributed by atoms with Crippen LogP contribution < -0.4 is 9.64 Å². The van der Waals surface area contributed by atoms with Crippen LogP contribution >= 0.6 is 0 Å². The van der Waals surface area contributed by atoms with E-state index in [9.17, 15) is 10.5 Å². The predicted octanol–water partition coefficient (Wildman–Crippen LogP) is 7.95. The van der Waals surface area contributed by atoms with Crippen molar-refractivity contribution >= 4 is 28.7 Å². The number of nitriles is 2. The van der Waals surface area contributed by atoms with Gasteiger partial charge in [-0.2, -0.15) is 10.5 Å². The Labute approximate surface area is 210 Å². The van der Waals surface area contributed by atoms with Crippen LogP contribution in [0.1, 0.15) is 11.1 Å². The van der Waals surface area contributed by atoms with E-state index in [1.54, 1.807) is 6.08 Å². The molecule has 1 heterocycles. The molecule has 0 aliphatic carbocycles. The smallest absolute Gasteiger partial charge is 0.172 e. The summed E-state index contributed by atoms with van der Waals surface area (Å²) in [6.07, 6.45) is 5.74. The van der Waals surface area contributed by atoms with E-state index < -0.39 is 0 Å². The zero-order valence-electron chi connectivity index (χ0n) is 19.4. The fraction of sp³-hybridized carbons (Fsp3) is 0. The first-order valence-corrected chi connectivity index (χ1v) is 11.5. The largest absolute Gasteiger partial charge is 0.455 e. The van der Waals surface area contributed by atoms with Crippen molar-refractivity contribution < 1.29 is 4.74 Å². The minimum Gasteiger partial charge on any atom is -0.455 e. The first-order valence-electron chi connectivity index (χ1n) is 11.5. The van der Waals surface area contributed by atoms with E-state index >= 15 is 0 Å². The van der Waals surface area contributed by atoms with Crippen molar-refractivity contribution in [1.82, 2.24) is 0 Å². The number of benzene rings is 4. The average molecular weight is 464 g/mol. The Balaban J connectivity index is 1.47. The van der Waals surface area contributed by atoms with Crippen LogP contribution in [0.2, 0.25) is 0 Å².